The minimum Gasteiger partial charge on any atom is -0.619 e. The van der Waals surface area contributed by atoms with Crippen LogP contribution in [0.1, 0.15) is 130 Å². The van der Waals surface area contributed by atoms with Gasteiger partial charge in [-0.25, -0.2) is 15.0 Å². The highest BCUT2D eigenvalue weighted by atomic mass is 35.5. The van der Waals surface area contributed by atoms with Crippen molar-refractivity contribution in [1.29, 1.82) is 0 Å². The van der Waals surface area contributed by atoms with Crippen molar-refractivity contribution in [1.82, 2.24) is 30.0 Å². The van der Waals surface area contributed by atoms with E-state index in [-0.39, 0.29) is 47.5 Å². The maximum Gasteiger partial charge on any atom is 0.262 e. The summed E-state index contributed by atoms with van der Waals surface area (Å²) in [5.74, 6) is 1.94. The second-order valence-electron chi connectivity index (χ2n) is 24.3. The van der Waals surface area contributed by atoms with E-state index in [1.807, 2.05) is 109 Å². The van der Waals surface area contributed by atoms with E-state index < -0.39 is 16.6 Å². The lowest BCUT2D eigenvalue weighted by Crippen LogP contribution is -2.45. The van der Waals surface area contributed by atoms with Crippen LogP contribution in [0.2, 0.25) is 5.02 Å². The molecule has 13 rings (SSSR count). The van der Waals surface area contributed by atoms with Crippen molar-refractivity contribution in [2.75, 3.05) is 14.1 Å². The van der Waals surface area contributed by atoms with Gasteiger partial charge in [-0.3, -0.25) is 43.8 Å². The first kappa shape index (κ1) is 59.2. The molecule has 6 heterocycles. The van der Waals surface area contributed by atoms with E-state index in [1.54, 1.807) is 43.5 Å². The molecule has 3 aromatic carbocycles. The Morgan fingerprint density at radius 1 is 0.651 bits per heavy atom. The second kappa shape index (κ2) is 25.2. The number of carbonyl (C=O) groups excluding carboxylic acids is 4. The number of nitrogens with one attached hydrogen (secondary N) is 1. The Balaban J connectivity index is 0.000000136. The van der Waals surface area contributed by atoms with Crippen LogP contribution in [0.5, 0.6) is 0 Å². The molecule has 5 atom stereocenters. The molecule has 4 fully saturated rings. The van der Waals surface area contributed by atoms with Crippen LogP contribution >= 0.6 is 11.6 Å². The number of benzene rings is 3. The summed E-state index contributed by atoms with van der Waals surface area (Å²) >= 11 is 6.18. The Morgan fingerprint density at radius 2 is 1.28 bits per heavy atom. The van der Waals surface area contributed by atoms with Gasteiger partial charge in [-0.05, 0) is 163 Å². The molecule has 0 radical (unpaired) electrons. The Morgan fingerprint density at radius 3 is 1.88 bits per heavy atom. The highest BCUT2D eigenvalue weighted by Crippen LogP contribution is 2.53. The lowest BCUT2D eigenvalue weighted by Gasteiger charge is -2.35. The average Bonchev–Trinajstić information content (AvgIpc) is 1.65. The Bertz CT molecular complexity index is 3570. The Hall–Kier alpha value is -8.51. The standard InChI is InChI=1S/C25H37N5O3.C24H21ClN4O.C18H18N4O/c1-29-23(32)25(28-24(29)26,13-12-18-7-3-2-4-8-18)16-19-9-5-11-21(15-19)27-22(31)20-10-6-14-30(33)17-20;25-20-8-4-6-17(14-20)16-5-3-7-19(13-16)24(18-10-11-18)22(30)29(23(26)28-24)15-21-9-1-2-12-27-21;1-22-16(23)18(14-7-8-14,21-17(22)19)15-6-2-4-12(10-15)13-5-3-9-20-11-13/h6,10,14,17-19,21H,2-5,7-9,11-13,15-16H2,1H3,(H2,26,28)(H,27,31);1-9,12-14,18H,10-11,15H2,(H2,26,28);2-6,9-11,14H,7-8H2,1H3,(H2,19,21)/t19-,21+,25+;;/m0../s1. The SMILES string of the molecule is CN1C(=O)C(c2cccc(-c3cccnc3)c2)(C2CC2)N=C1N.CN1C(=O)[C@@](CCC2CCCCC2)(C[C@H]2CCC[C@@H](NC(=O)c3ccc[n+]([O-])c3)C2)N=C1N.NC1=NC(c2cccc(-c3cccc(Cl)c3)c2)(C2CC2)C(=O)N1Cc1ccccn1. The number of amides is 4. The van der Waals surface area contributed by atoms with Crippen LogP contribution in [-0.2, 0) is 32.0 Å². The zero-order valence-electron chi connectivity index (χ0n) is 48.9. The van der Waals surface area contributed by atoms with Crippen LogP contribution in [0, 0.1) is 28.9 Å². The number of hydrogen-bond donors (Lipinski definition) is 4. The normalized spacial score (nSPS) is 24.7. The number of rotatable bonds is 15. The summed E-state index contributed by atoms with van der Waals surface area (Å²) in [5, 5.41) is 15.3. The van der Waals surface area contributed by atoms with Crippen molar-refractivity contribution in [2.24, 2.45) is 55.8 Å². The molecule has 4 saturated carbocycles. The topological polar surface area (TPSA) is 258 Å². The van der Waals surface area contributed by atoms with Gasteiger partial charge in [0.05, 0.1) is 12.2 Å². The van der Waals surface area contributed by atoms with Gasteiger partial charge in [0.1, 0.15) is 11.1 Å². The fourth-order valence-electron chi connectivity index (χ4n) is 13.5. The first-order chi connectivity index (χ1) is 41.6. The van der Waals surface area contributed by atoms with Crippen molar-refractivity contribution >= 4 is 53.1 Å². The van der Waals surface area contributed by atoms with Gasteiger partial charge in [-0.1, -0.05) is 117 Å². The van der Waals surface area contributed by atoms with Crippen LogP contribution in [0.4, 0.5) is 0 Å². The number of likely N-dealkylation sites (N-methyl/N-ethyl adjacent to an activating group) is 2. The van der Waals surface area contributed by atoms with Gasteiger partial charge in [0, 0.05) is 49.8 Å². The molecule has 0 bridgehead atoms. The number of hydrogen-bond acceptors (Lipinski definition) is 13. The fraction of sp³-hybridized carbons (Fsp3) is 0.403. The predicted octanol–water partition coefficient (Wildman–Crippen LogP) is 9.39. The molecule has 4 amide bonds. The highest BCUT2D eigenvalue weighted by Gasteiger charge is 2.59. The molecule has 4 aliphatic carbocycles. The molecule has 18 nitrogen and oxygen atoms in total. The Labute approximate surface area is 507 Å². The van der Waals surface area contributed by atoms with Gasteiger partial charge in [0.15, 0.2) is 41.4 Å². The number of carbonyl (C=O) groups is 4. The van der Waals surface area contributed by atoms with Gasteiger partial charge >= 0.3 is 0 Å². The third kappa shape index (κ3) is 12.4. The molecule has 3 aliphatic heterocycles. The second-order valence-corrected chi connectivity index (χ2v) is 24.7. The molecule has 0 spiro atoms. The van der Waals surface area contributed by atoms with E-state index in [1.165, 1.54) is 54.3 Å². The summed E-state index contributed by atoms with van der Waals surface area (Å²) < 4.78 is 0.638. The van der Waals surface area contributed by atoms with Gasteiger partial charge in [-0.15, -0.1) is 0 Å². The van der Waals surface area contributed by atoms with E-state index in [0.717, 1.165) is 103 Å². The minimum atomic E-state index is -0.965. The molecule has 86 heavy (non-hydrogen) atoms. The van der Waals surface area contributed by atoms with Gasteiger partial charge in [0.2, 0.25) is 0 Å². The molecule has 19 heteroatoms. The molecule has 7 N–H and O–H groups in total. The number of aromatic nitrogens is 3. The van der Waals surface area contributed by atoms with Gasteiger partial charge in [0.25, 0.3) is 23.6 Å². The summed E-state index contributed by atoms with van der Waals surface area (Å²) in [6.07, 6.45) is 24.5. The van der Waals surface area contributed by atoms with Crippen LogP contribution in [-0.4, -0.2) is 91.9 Å². The van der Waals surface area contributed by atoms with Gasteiger partial charge in [-0.2, -0.15) is 4.73 Å². The first-order valence-electron chi connectivity index (χ1n) is 30.3. The third-order valence-corrected chi connectivity index (χ3v) is 18.6. The molecular weight excluding hydrogens is 1100 g/mol. The highest BCUT2D eigenvalue weighted by molar-refractivity contribution is 6.30. The lowest BCUT2D eigenvalue weighted by atomic mass is 9.74. The predicted molar refractivity (Wildman–Crippen MR) is 332 cm³/mol. The summed E-state index contributed by atoms with van der Waals surface area (Å²) in [4.78, 5) is 79.7. The van der Waals surface area contributed by atoms with Crippen molar-refractivity contribution in [2.45, 2.75) is 132 Å². The summed E-state index contributed by atoms with van der Waals surface area (Å²) in [7, 11) is 3.41. The maximum absolute atomic E-state index is 13.7. The van der Waals surface area contributed by atoms with Gasteiger partial charge < -0.3 is 27.7 Å². The van der Waals surface area contributed by atoms with Crippen molar-refractivity contribution < 1.29 is 23.9 Å². The molecule has 7 aliphatic rings. The fourth-order valence-corrected chi connectivity index (χ4v) is 13.7. The number of pyridine rings is 3. The van der Waals surface area contributed by atoms with E-state index in [0.29, 0.717) is 52.0 Å². The molecule has 446 valence electrons. The van der Waals surface area contributed by atoms with Crippen molar-refractivity contribution in [3.05, 3.63) is 179 Å². The largest absolute Gasteiger partial charge is 0.619 e. The Kier molecular flexibility index (Phi) is 17.4. The number of halogens is 1. The first-order valence-corrected chi connectivity index (χ1v) is 30.7. The number of aliphatic imine (C=N–C) groups is 3. The van der Waals surface area contributed by atoms with Crippen molar-refractivity contribution in [3.8, 4) is 22.3 Å². The zero-order chi connectivity index (χ0) is 60.2. The lowest BCUT2D eigenvalue weighted by molar-refractivity contribution is -0.605. The molecule has 0 saturated heterocycles. The summed E-state index contributed by atoms with van der Waals surface area (Å²) in [6.45, 7) is 0.317. The zero-order valence-corrected chi connectivity index (χ0v) is 49.7. The van der Waals surface area contributed by atoms with E-state index in [2.05, 4.69) is 20.3 Å². The summed E-state index contributed by atoms with van der Waals surface area (Å²) in [5.41, 5.74) is 22.7. The number of guanidine groups is 3. The van der Waals surface area contributed by atoms with E-state index in [4.69, 9.17) is 38.8 Å². The van der Waals surface area contributed by atoms with E-state index in [9.17, 15) is 24.4 Å². The molecule has 6 aromatic rings. The summed E-state index contributed by atoms with van der Waals surface area (Å²) in [6, 6.07) is 36.5. The smallest absolute Gasteiger partial charge is 0.262 e. The van der Waals surface area contributed by atoms with Crippen LogP contribution in [0.3, 0.4) is 0 Å². The van der Waals surface area contributed by atoms with Crippen molar-refractivity contribution in [3.63, 3.8) is 0 Å². The molecule has 3 aromatic heterocycles. The number of nitrogens with two attached hydrogens (primary N) is 3. The molecular formula is C67H76ClN13O5. The monoisotopic (exact) mass is 1180 g/mol. The van der Waals surface area contributed by atoms with Crippen LogP contribution < -0.4 is 27.2 Å². The average molecular weight is 1180 g/mol. The quantitative estimate of drug-likeness (QED) is 0.0559. The maximum atomic E-state index is 13.7. The number of nitrogens with zero attached hydrogens (tertiary/aromatic N) is 9. The molecule has 2 unspecified atom stereocenters. The minimum absolute atomic E-state index is 0.0197. The third-order valence-electron chi connectivity index (χ3n) is 18.4. The van der Waals surface area contributed by atoms with Crippen LogP contribution in [0.25, 0.3) is 22.3 Å². The van der Waals surface area contributed by atoms with Crippen LogP contribution in [0.15, 0.2) is 161 Å². The van der Waals surface area contributed by atoms with E-state index >= 15 is 0 Å².